The van der Waals surface area contributed by atoms with E-state index in [1.165, 1.54) is 15.9 Å². The van der Waals surface area contributed by atoms with Crippen molar-refractivity contribution in [3.63, 3.8) is 0 Å². The molecular formula is C16H20N4O2S2. The highest BCUT2D eigenvalue weighted by Gasteiger charge is 2.26. The summed E-state index contributed by atoms with van der Waals surface area (Å²) in [6.07, 6.45) is 0.843. The molecule has 128 valence electrons. The van der Waals surface area contributed by atoms with E-state index in [1.807, 2.05) is 39.0 Å². The van der Waals surface area contributed by atoms with E-state index in [0.29, 0.717) is 16.3 Å². The van der Waals surface area contributed by atoms with Crippen LogP contribution < -0.4 is 4.72 Å². The third kappa shape index (κ3) is 3.03. The molecule has 24 heavy (non-hydrogen) atoms. The van der Waals surface area contributed by atoms with E-state index in [9.17, 15) is 8.42 Å². The lowest BCUT2D eigenvalue weighted by atomic mass is 10.1. The number of imidazole rings is 1. The Balaban J connectivity index is 2.05. The maximum atomic E-state index is 12.9. The van der Waals surface area contributed by atoms with Crippen LogP contribution in [0.3, 0.4) is 0 Å². The first-order valence-electron chi connectivity index (χ1n) is 7.79. The Morgan fingerprint density at radius 3 is 2.75 bits per heavy atom. The van der Waals surface area contributed by atoms with E-state index in [-0.39, 0.29) is 10.9 Å². The van der Waals surface area contributed by atoms with Crippen LogP contribution in [0.5, 0.6) is 0 Å². The smallest absolute Gasteiger partial charge is 0.278 e. The molecule has 6 nitrogen and oxygen atoms in total. The van der Waals surface area contributed by atoms with Crippen molar-refractivity contribution >= 4 is 32.0 Å². The molecule has 3 aromatic rings. The van der Waals surface area contributed by atoms with Crippen LogP contribution in [0.15, 0.2) is 29.3 Å². The molecule has 2 aromatic heterocycles. The zero-order chi connectivity index (χ0) is 17.5. The summed E-state index contributed by atoms with van der Waals surface area (Å²) in [5.41, 5.74) is 2.06. The van der Waals surface area contributed by atoms with Crippen LogP contribution in [-0.4, -0.2) is 23.0 Å². The second-order valence-corrected chi connectivity index (χ2v) is 8.54. The third-order valence-corrected chi connectivity index (χ3v) is 6.37. The van der Waals surface area contributed by atoms with Crippen molar-refractivity contribution in [1.29, 1.82) is 0 Å². The Morgan fingerprint density at radius 1 is 1.33 bits per heavy atom. The van der Waals surface area contributed by atoms with Gasteiger partial charge >= 0.3 is 0 Å². The number of aryl methyl sites for hydroxylation is 2. The molecule has 0 atom stereocenters. The summed E-state index contributed by atoms with van der Waals surface area (Å²) >= 11 is 1.42. The molecule has 0 aliphatic heterocycles. The highest BCUT2D eigenvalue weighted by Crippen LogP contribution is 2.27. The maximum absolute atomic E-state index is 12.9. The van der Waals surface area contributed by atoms with Gasteiger partial charge in [0.2, 0.25) is 9.99 Å². The lowest BCUT2D eigenvalue weighted by molar-refractivity contribution is 0.592. The molecule has 0 bridgehead atoms. The molecule has 3 rings (SSSR count). The van der Waals surface area contributed by atoms with Gasteiger partial charge in [0.05, 0.1) is 5.69 Å². The van der Waals surface area contributed by atoms with Crippen LogP contribution in [0.1, 0.15) is 43.0 Å². The van der Waals surface area contributed by atoms with Gasteiger partial charge in [0.1, 0.15) is 5.01 Å². The fourth-order valence-corrected chi connectivity index (χ4v) is 4.77. The fourth-order valence-electron chi connectivity index (χ4n) is 2.45. The second-order valence-electron chi connectivity index (χ2n) is 5.95. The molecule has 1 N–H and O–H groups in total. The quantitative estimate of drug-likeness (QED) is 0.751. The topological polar surface area (TPSA) is 76.4 Å². The van der Waals surface area contributed by atoms with Crippen molar-refractivity contribution in [2.75, 3.05) is 4.72 Å². The summed E-state index contributed by atoms with van der Waals surface area (Å²) in [6.45, 7) is 7.76. The van der Waals surface area contributed by atoms with Gasteiger partial charge in [-0.25, -0.2) is 4.98 Å². The summed E-state index contributed by atoms with van der Waals surface area (Å²) in [6, 6.07) is 7.39. The van der Waals surface area contributed by atoms with E-state index in [4.69, 9.17) is 0 Å². The van der Waals surface area contributed by atoms with Crippen molar-refractivity contribution < 1.29 is 8.42 Å². The predicted molar refractivity (Wildman–Crippen MR) is 96.3 cm³/mol. The van der Waals surface area contributed by atoms with Crippen molar-refractivity contribution in [3.05, 3.63) is 40.5 Å². The minimum absolute atomic E-state index is 0.0996. The monoisotopic (exact) mass is 364 g/mol. The van der Waals surface area contributed by atoms with E-state index >= 15 is 0 Å². The molecule has 0 saturated carbocycles. The molecule has 8 heteroatoms. The number of hydrogen-bond acceptors (Lipinski definition) is 5. The molecule has 1 aromatic carbocycles. The highest BCUT2D eigenvalue weighted by atomic mass is 32.2. The van der Waals surface area contributed by atoms with E-state index < -0.39 is 10.0 Å². The molecule has 0 amide bonds. The average Bonchev–Trinajstić information content (AvgIpc) is 3.03. The minimum Gasteiger partial charge on any atom is -0.278 e. The number of rotatable bonds is 5. The van der Waals surface area contributed by atoms with E-state index in [1.54, 1.807) is 13.0 Å². The Morgan fingerprint density at radius 2 is 2.08 bits per heavy atom. The summed E-state index contributed by atoms with van der Waals surface area (Å²) < 4.78 is 29.8. The lowest BCUT2D eigenvalue weighted by Crippen LogP contribution is -2.17. The van der Waals surface area contributed by atoms with Crippen LogP contribution in [-0.2, 0) is 16.4 Å². The number of hydrogen-bond donors (Lipinski definition) is 1. The number of aromatic nitrogens is 3. The fraction of sp³-hybridized carbons (Fsp3) is 0.375. The minimum atomic E-state index is -3.77. The largest absolute Gasteiger partial charge is 0.281 e. The van der Waals surface area contributed by atoms with Gasteiger partial charge < -0.3 is 0 Å². The molecule has 0 spiro atoms. The number of sulfonamides is 1. The molecule has 0 saturated heterocycles. The Kier molecular flexibility index (Phi) is 4.35. The van der Waals surface area contributed by atoms with Gasteiger partial charge in [0, 0.05) is 11.6 Å². The highest BCUT2D eigenvalue weighted by molar-refractivity contribution is 7.92. The van der Waals surface area contributed by atoms with Crippen LogP contribution in [0, 0.1) is 6.92 Å². The molecule has 0 unspecified atom stereocenters. The van der Waals surface area contributed by atoms with Crippen LogP contribution in [0.2, 0.25) is 0 Å². The molecule has 0 aliphatic rings. The van der Waals surface area contributed by atoms with Crippen molar-refractivity contribution in [2.45, 2.75) is 45.1 Å². The molecule has 0 fully saturated rings. The zero-order valence-electron chi connectivity index (χ0n) is 14.1. The molecule has 0 radical (unpaired) electrons. The number of benzene rings is 1. The summed E-state index contributed by atoms with van der Waals surface area (Å²) in [4.78, 5) is 4.95. The van der Waals surface area contributed by atoms with Gasteiger partial charge in [-0.3, -0.25) is 4.72 Å². The zero-order valence-corrected chi connectivity index (χ0v) is 15.7. The van der Waals surface area contributed by atoms with Gasteiger partial charge in [-0.2, -0.15) is 18.0 Å². The van der Waals surface area contributed by atoms with Gasteiger partial charge in [-0.15, -0.1) is 0 Å². The maximum Gasteiger partial charge on any atom is 0.281 e. The van der Waals surface area contributed by atoms with Crippen LogP contribution in [0.25, 0.3) is 4.96 Å². The first-order valence-corrected chi connectivity index (χ1v) is 10.1. The second kappa shape index (κ2) is 6.18. The molecular weight excluding hydrogens is 344 g/mol. The Labute approximate surface area is 145 Å². The molecule has 2 heterocycles. The number of nitrogens with zero attached hydrogens (tertiary/aromatic N) is 3. The van der Waals surface area contributed by atoms with Gasteiger partial charge in [-0.05, 0) is 31.0 Å². The van der Waals surface area contributed by atoms with Gasteiger partial charge in [0.15, 0.2) is 0 Å². The summed E-state index contributed by atoms with van der Waals surface area (Å²) in [5, 5.41) is 5.39. The van der Waals surface area contributed by atoms with E-state index in [2.05, 4.69) is 14.8 Å². The first-order chi connectivity index (χ1) is 11.3. The number of fused-ring (bicyclic) bond motifs is 1. The first kappa shape index (κ1) is 16.9. The molecule has 0 aliphatic carbocycles. The summed E-state index contributed by atoms with van der Waals surface area (Å²) in [7, 11) is -3.77. The van der Waals surface area contributed by atoms with Crippen LogP contribution >= 0.6 is 11.3 Å². The van der Waals surface area contributed by atoms with Crippen molar-refractivity contribution in [2.24, 2.45) is 0 Å². The van der Waals surface area contributed by atoms with Gasteiger partial charge in [0.25, 0.3) is 10.0 Å². The summed E-state index contributed by atoms with van der Waals surface area (Å²) in [5.74, 6) is 0.224. The SMILES string of the molecule is CCc1cccc(NS(=O)(=O)c2c(C)nc3sc(C(C)C)nn23)c1. The Bertz CT molecular complexity index is 987. The normalized spacial score (nSPS) is 12.2. The predicted octanol–water partition coefficient (Wildman–Crippen LogP) is 3.59. The number of anilines is 1. The standard InChI is InChI=1S/C16H20N4O2S2/c1-5-12-7-6-8-13(9-12)19-24(21,22)15-11(4)17-16-20(15)18-14(23-16)10(2)3/h6-10,19H,5H2,1-4H3. The third-order valence-electron chi connectivity index (χ3n) is 3.68. The van der Waals surface area contributed by atoms with E-state index in [0.717, 1.165) is 17.0 Å². The van der Waals surface area contributed by atoms with Gasteiger partial charge in [-0.1, -0.05) is 44.2 Å². The average molecular weight is 364 g/mol. The number of nitrogens with one attached hydrogen (secondary N) is 1. The van der Waals surface area contributed by atoms with Crippen molar-refractivity contribution in [3.8, 4) is 0 Å². The lowest BCUT2D eigenvalue weighted by Gasteiger charge is -2.09. The Hall–Kier alpha value is -1.93. The van der Waals surface area contributed by atoms with Crippen molar-refractivity contribution in [1.82, 2.24) is 14.6 Å². The van der Waals surface area contributed by atoms with Crippen LogP contribution in [0.4, 0.5) is 5.69 Å².